The number of benzene rings is 1. The van der Waals surface area contributed by atoms with Gasteiger partial charge in [0, 0.05) is 10.8 Å². The van der Waals surface area contributed by atoms with Crippen LogP contribution in [0.15, 0.2) is 39.9 Å². The maximum Gasteiger partial charge on any atom is 1.00 e. The second kappa shape index (κ2) is 6.94. The Hall–Kier alpha value is -1.17. The van der Waals surface area contributed by atoms with E-state index >= 15 is 0 Å². The molecule has 0 saturated carbocycles. The van der Waals surface area contributed by atoms with Crippen LogP contribution in [0.3, 0.4) is 0 Å². The Morgan fingerprint density at radius 2 is 2.09 bits per heavy atom. The van der Waals surface area contributed by atoms with E-state index in [4.69, 9.17) is 14.2 Å². The van der Waals surface area contributed by atoms with Crippen LogP contribution in [0, 0.1) is 0 Å². The largest absolute Gasteiger partial charge is 1.00 e. The number of thiophene rings is 1. The van der Waals surface area contributed by atoms with E-state index in [0.29, 0.717) is 18.1 Å². The molecule has 2 aromatic rings. The van der Waals surface area contributed by atoms with E-state index in [1.165, 1.54) is 29.5 Å². The molecule has 1 aliphatic rings. The zero-order valence-corrected chi connectivity index (χ0v) is 13.4. The van der Waals surface area contributed by atoms with Gasteiger partial charge >= 0.3 is 18.9 Å². The molecule has 22 heavy (non-hydrogen) atoms. The van der Waals surface area contributed by atoms with Gasteiger partial charge in [0.05, 0.1) is 4.90 Å². The number of rotatable bonds is 4. The molecule has 3 rings (SSSR count). The second-order valence-electron chi connectivity index (χ2n) is 4.39. The van der Waals surface area contributed by atoms with Crippen molar-refractivity contribution in [1.82, 2.24) is 0 Å². The molecule has 1 aliphatic heterocycles. The molecular formula is C13H11LiO6S2. The third-order valence-corrected chi connectivity index (χ3v) is 4.37. The normalized spacial score (nSPS) is 16.7. The minimum Gasteiger partial charge on any atom is -0.744 e. The molecule has 0 amide bonds. The van der Waals surface area contributed by atoms with Gasteiger partial charge in [-0.1, -0.05) is 6.07 Å². The predicted octanol–water partition coefficient (Wildman–Crippen LogP) is -1.12. The molecule has 1 unspecified atom stereocenters. The summed E-state index contributed by atoms with van der Waals surface area (Å²) in [5, 5.41) is 3.70. The zero-order chi connectivity index (χ0) is 14.9. The van der Waals surface area contributed by atoms with Crippen LogP contribution in [0.25, 0.3) is 0 Å². The molecule has 6 nitrogen and oxygen atoms in total. The van der Waals surface area contributed by atoms with E-state index in [-0.39, 0.29) is 36.5 Å². The molecule has 0 bridgehead atoms. The van der Waals surface area contributed by atoms with E-state index in [1.807, 2.05) is 10.8 Å². The molecule has 0 radical (unpaired) electrons. The van der Waals surface area contributed by atoms with Gasteiger partial charge in [0.1, 0.15) is 29.1 Å². The Labute approximate surface area is 143 Å². The quantitative estimate of drug-likeness (QED) is 0.520. The molecule has 0 spiro atoms. The van der Waals surface area contributed by atoms with Gasteiger partial charge < -0.3 is 18.8 Å². The molecule has 1 aromatic heterocycles. The zero-order valence-electron chi connectivity index (χ0n) is 11.7. The van der Waals surface area contributed by atoms with Gasteiger partial charge in [0.15, 0.2) is 17.6 Å². The van der Waals surface area contributed by atoms with E-state index in [9.17, 15) is 13.0 Å². The molecular weight excluding hydrogens is 323 g/mol. The van der Waals surface area contributed by atoms with Gasteiger partial charge in [-0.05, 0) is 18.2 Å². The van der Waals surface area contributed by atoms with E-state index in [2.05, 4.69) is 0 Å². The minimum atomic E-state index is -4.49. The summed E-state index contributed by atoms with van der Waals surface area (Å²) in [6, 6.07) is 5.46. The third kappa shape index (κ3) is 3.97. The van der Waals surface area contributed by atoms with Crippen molar-refractivity contribution >= 4 is 21.5 Å². The van der Waals surface area contributed by atoms with Crippen LogP contribution >= 0.6 is 11.3 Å². The summed E-state index contributed by atoms with van der Waals surface area (Å²) >= 11 is 1.48. The Morgan fingerprint density at radius 1 is 1.32 bits per heavy atom. The standard InChI is InChI=1S/C13H12O6S2.Li/c14-21(15,16)11-3-1-2-9(4-11)17-5-10-6-18-12-7-20-8-13(12)19-10;/h1-4,7-8,10H,5-6H2,(H,14,15,16);/q;+1/p-1. The van der Waals surface area contributed by atoms with Crippen LogP contribution < -0.4 is 33.1 Å². The Balaban J connectivity index is 0.00000176. The maximum absolute atomic E-state index is 10.9. The average Bonchev–Trinajstić information content (AvgIpc) is 2.92. The number of hydrogen-bond acceptors (Lipinski definition) is 7. The third-order valence-electron chi connectivity index (χ3n) is 2.84. The van der Waals surface area contributed by atoms with Gasteiger partial charge in [-0.25, -0.2) is 8.42 Å². The van der Waals surface area contributed by atoms with Crippen molar-refractivity contribution in [1.29, 1.82) is 0 Å². The van der Waals surface area contributed by atoms with Crippen molar-refractivity contribution in [3.8, 4) is 17.2 Å². The van der Waals surface area contributed by atoms with E-state index in [0.717, 1.165) is 5.75 Å². The molecule has 0 N–H and O–H groups in total. The topological polar surface area (TPSA) is 84.9 Å². The summed E-state index contributed by atoms with van der Waals surface area (Å²) in [7, 11) is -4.49. The van der Waals surface area contributed by atoms with Crippen molar-refractivity contribution in [2.24, 2.45) is 0 Å². The van der Waals surface area contributed by atoms with Gasteiger partial charge in [-0.3, -0.25) is 0 Å². The summed E-state index contributed by atoms with van der Waals surface area (Å²) in [5.41, 5.74) is 0. The van der Waals surface area contributed by atoms with E-state index < -0.39 is 10.1 Å². The molecule has 9 heteroatoms. The summed E-state index contributed by atoms with van der Waals surface area (Å²) in [4.78, 5) is -0.319. The predicted molar refractivity (Wildman–Crippen MR) is 74.1 cm³/mol. The van der Waals surface area contributed by atoms with Crippen molar-refractivity contribution in [2.75, 3.05) is 13.2 Å². The molecule has 2 heterocycles. The molecule has 0 saturated heterocycles. The van der Waals surface area contributed by atoms with Crippen LogP contribution in [0.1, 0.15) is 0 Å². The van der Waals surface area contributed by atoms with Crippen LogP contribution in [0.2, 0.25) is 0 Å². The smallest absolute Gasteiger partial charge is 0.744 e. The van der Waals surface area contributed by atoms with Crippen molar-refractivity contribution in [3.05, 3.63) is 35.0 Å². The first kappa shape index (κ1) is 17.2. The maximum atomic E-state index is 10.9. The first-order valence-corrected chi connectivity index (χ1v) is 8.42. The number of hydrogen-bond donors (Lipinski definition) is 0. The number of fused-ring (bicyclic) bond motifs is 1. The fourth-order valence-corrected chi connectivity index (χ4v) is 3.03. The van der Waals surface area contributed by atoms with E-state index in [1.54, 1.807) is 6.07 Å². The van der Waals surface area contributed by atoms with Crippen LogP contribution in [0.4, 0.5) is 0 Å². The van der Waals surface area contributed by atoms with Crippen LogP contribution in [0.5, 0.6) is 17.2 Å². The van der Waals surface area contributed by atoms with Crippen LogP contribution in [-0.2, 0) is 10.1 Å². The average molecular weight is 334 g/mol. The monoisotopic (exact) mass is 334 g/mol. The SMILES string of the molecule is O=S(=O)([O-])c1cccc(OCC2COc3cscc3O2)c1.[Li+]. The molecule has 0 fully saturated rings. The van der Waals surface area contributed by atoms with Gasteiger partial charge in [-0.15, -0.1) is 11.3 Å². The minimum absolute atomic E-state index is 0. The van der Waals surface area contributed by atoms with Gasteiger partial charge in [0.25, 0.3) is 0 Å². The summed E-state index contributed by atoms with van der Waals surface area (Å²) < 4.78 is 49.5. The summed E-state index contributed by atoms with van der Waals surface area (Å²) in [6.07, 6.45) is -0.292. The Kier molecular flexibility index (Phi) is 5.42. The first-order valence-electron chi connectivity index (χ1n) is 6.07. The van der Waals surface area contributed by atoms with Crippen molar-refractivity contribution in [3.63, 3.8) is 0 Å². The Morgan fingerprint density at radius 3 is 2.86 bits per heavy atom. The molecule has 112 valence electrons. The molecule has 0 aliphatic carbocycles. The summed E-state index contributed by atoms with van der Waals surface area (Å²) in [6.45, 7) is 0.543. The fourth-order valence-electron chi connectivity index (χ4n) is 1.85. The van der Waals surface area contributed by atoms with Crippen molar-refractivity contribution < 1.29 is 46.0 Å². The summed E-state index contributed by atoms with van der Waals surface area (Å²) in [5.74, 6) is 1.69. The first-order chi connectivity index (χ1) is 10.0. The Bertz CT molecular complexity index is 742. The van der Waals surface area contributed by atoms with Crippen molar-refractivity contribution in [2.45, 2.75) is 11.0 Å². The number of ether oxygens (including phenoxy) is 3. The second-order valence-corrected chi connectivity index (χ2v) is 6.51. The molecule has 1 aromatic carbocycles. The van der Waals surface area contributed by atoms with Gasteiger partial charge in [-0.2, -0.15) is 0 Å². The fraction of sp³-hybridized carbons (Fsp3) is 0.231. The van der Waals surface area contributed by atoms with Crippen LogP contribution in [-0.4, -0.2) is 32.3 Å². The molecule has 1 atom stereocenters. The van der Waals surface area contributed by atoms with Gasteiger partial charge in [0.2, 0.25) is 0 Å².